The van der Waals surface area contributed by atoms with Crippen LogP contribution >= 0.6 is 15.9 Å². The lowest BCUT2D eigenvalue weighted by Crippen LogP contribution is -2.15. The third-order valence-corrected chi connectivity index (χ3v) is 2.91. The van der Waals surface area contributed by atoms with E-state index in [-0.39, 0.29) is 0 Å². The molecule has 3 nitrogen and oxygen atoms in total. The van der Waals surface area contributed by atoms with Crippen LogP contribution in [0.1, 0.15) is 24.8 Å². The molecule has 0 radical (unpaired) electrons. The number of methoxy groups -OCH3 is 1. The SMILES string of the molecule is COc1ncccc1CNCCCCCBr. The number of aromatic nitrogens is 1. The summed E-state index contributed by atoms with van der Waals surface area (Å²) in [4.78, 5) is 4.16. The summed E-state index contributed by atoms with van der Waals surface area (Å²) in [5.74, 6) is 0.718. The maximum absolute atomic E-state index is 5.18. The Kier molecular flexibility index (Phi) is 7.17. The third kappa shape index (κ3) is 4.94. The molecule has 0 aromatic carbocycles. The van der Waals surface area contributed by atoms with Gasteiger partial charge in [-0.3, -0.25) is 0 Å². The second-order valence-electron chi connectivity index (χ2n) is 3.60. The molecule has 0 aliphatic heterocycles. The lowest BCUT2D eigenvalue weighted by Gasteiger charge is -2.07. The Morgan fingerprint density at radius 1 is 1.38 bits per heavy atom. The van der Waals surface area contributed by atoms with E-state index in [9.17, 15) is 0 Å². The predicted molar refractivity (Wildman–Crippen MR) is 70.1 cm³/mol. The number of hydrogen-bond donors (Lipinski definition) is 1. The molecule has 1 N–H and O–H groups in total. The van der Waals surface area contributed by atoms with Gasteiger partial charge in [0.2, 0.25) is 5.88 Å². The van der Waals surface area contributed by atoms with Gasteiger partial charge in [-0.15, -0.1) is 0 Å². The van der Waals surface area contributed by atoms with E-state index in [0.717, 1.165) is 29.9 Å². The molecule has 0 aliphatic rings. The Balaban J connectivity index is 2.21. The average molecular weight is 287 g/mol. The topological polar surface area (TPSA) is 34.1 Å². The molecule has 4 heteroatoms. The molecule has 0 unspecified atom stereocenters. The van der Waals surface area contributed by atoms with E-state index in [1.165, 1.54) is 19.3 Å². The highest BCUT2D eigenvalue weighted by molar-refractivity contribution is 9.09. The number of hydrogen-bond acceptors (Lipinski definition) is 3. The van der Waals surface area contributed by atoms with Gasteiger partial charge in [-0.05, 0) is 25.5 Å². The molecule has 0 saturated carbocycles. The largest absolute Gasteiger partial charge is 0.481 e. The lowest BCUT2D eigenvalue weighted by molar-refractivity contribution is 0.390. The maximum atomic E-state index is 5.18. The number of nitrogens with zero attached hydrogens (tertiary/aromatic N) is 1. The number of nitrogens with one attached hydrogen (secondary N) is 1. The second-order valence-corrected chi connectivity index (χ2v) is 4.39. The molecule has 0 spiro atoms. The van der Waals surface area contributed by atoms with Crippen molar-refractivity contribution >= 4 is 15.9 Å². The minimum Gasteiger partial charge on any atom is -0.481 e. The number of ether oxygens (including phenoxy) is 1. The zero-order valence-electron chi connectivity index (χ0n) is 9.71. The number of rotatable bonds is 8. The minimum absolute atomic E-state index is 0.718. The first-order chi connectivity index (χ1) is 7.88. The first-order valence-corrected chi connectivity index (χ1v) is 6.75. The van der Waals surface area contributed by atoms with Gasteiger partial charge in [-0.2, -0.15) is 0 Å². The molecule has 0 atom stereocenters. The van der Waals surface area contributed by atoms with Gasteiger partial charge in [0.1, 0.15) is 0 Å². The Morgan fingerprint density at radius 3 is 3.00 bits per heavy atom. The normalized spacial score (nSPS) is 10.4. The van der Waals surface area contributed by atoms with E-state index < -0.39 is 0 Å². The summed E-state index contributed by atoms with van der Waals surface area (Å²) in [6.45, 7) is 1.87. The van der Waals surface area contributed by atoms with Gasteiger partial charge < -0.3 is 10.1 Å². The summed E-state index contributed by atoms with van der Waals surface area (Å²) < 4.78 is 5.18. The van der Waals surface area contributed by atoms with E-state index in [4.69, 9.17) is 4.74 Å². The summed E-state index contributed by atoms with van der Waals surface area (Å²) in [7, 11) is 1.65. The molecule has 1 aromatic rings. The first-order valence-electron chi connectivity index (χ1n) is 5.63. The smallest absolute Gasteiger partial charge is 0.217 e. The van der Waals surface area contributed by atoms with Crippen molar-refractivity contribution < 1.29 is 4.74 Å². The number of halogens is 1. The minimum atomic E-state index is 0.718. The molecule has 1 heterocycles. The highest BCUT2D eigenvalue weighted by atomic mass is 79.9. The molecule has 0 bridgehead atoms. The highest BCUT2D eigenvalue weighted by Crippen LogP contribution is 2.12. The van der Waals surface area contributed by atoms with Gasteiger partial charge >= 0.3 is 0 Å². The van der Waals surface area contributed by atoms with E-state index >= 15 is 0 Å². The fraction of sp³-hybridized carbons (Fsp3) is 0.583. The molecule has 1 rings (SSSR count). The monoisotopic (exact) mass is 286 g/mol. The maximum Gasteiger partial charge on any atom is 0.217 e. The Labute approximate surface area is 106 Å². The number of alkyl halides is 1. The van der Waals surface area contributed by atoms with E-state index in [1.54, 1.807) is 13.3 Å². The van der Waals surface area contributed by atoms with E-state index in [1.807, 2.05) is 12.1 Å². The van der Waals surface area contributed by atoms with Crippen molar-refractivity contribution in [3.8, 4) is 5.88 Å². The van der Waals surface area contributed by atoms with Crippen molar-refractivity contribution in [1.29, 1.82) is 0 Å². The standard InChI is InChI=1S/C12H19BrN2O/c1-16-12-11(6-5-9-15-12)10-14-8-4-2-3-7-13/h5-6,9,14H,2-4,7-8,10H2,1H3. The van der Waals surface area contributed by atoms with Gasteiger partial charge in [0.05, 0.1) is 7.11 Å². The van der Waals surface area contributed by atoms with E-state index in [2.05, 4.69) is 26.2 Å². The molecule has 0 aliphatic carbocycles. The van der Waals surface area contributed by atoms with Crippen LogP contribution in [0.25, 0.3) is 0 Å². The molecular formula is C12H19BrN2O. The summed E-state index contributed by atoms with van der Waals surface area (Å²) in [5, 5.41) is 4.50. The van der Waals surface area contributed by atoms with Crippen molar-refractivity contribution in [2.75, 3.05) is 19.0 Å². The molecule has 1 aromatic heterocycles. The van der Waals surface area contributed by atoms with Crippen LogP contribution in [-0.4, -0.2) is 24.0 Å². The Hall–Kier alpha value is -0.610. The number of unbranched alkanes of at least 4 members (excludes halogenated alkanes) is 2. The van der Waals surface area contributed by atoms with Crippen molar-refractivity contribution in [1.82, 2.24) is 10.3 Å². The second kappa shape index (κ2) is 8.53. The molecule has 0 amide bonds. The zero-order chi connectivity index (χ0) is 11.6. The van der Waals surface area contributed by atoms with Crippen molar-refractivity contribution in [2.24, 2.45) is 0 Å². The van der Waals surface area contributed by atoms with Gasteiger partial charge in [0.15, 0.2) is 0 Å². The van der Waals surface area contributed by atoms with Crippen LogP contribution in [-0.2, 0) is 6.54 Å². The fourth-order valence-corrected chi connectivity index (χ4v) is 1.88. The van der Waals surface area contributed by atoms with Crippen LogP contribution in [0.15, 0.2) is 18.3 Å². The summed E-state index contributed by atoms with van der Waals surface area (Å²) in [5.41, 5.74) is 1.12. The first kappa shape index (κ1) is 13.5. The van der Waals surface area contributed by atoms with Crippen molar-refractivity contribution in [3.05, 3.63) is 23.9 Å². The van der Waals surface area contributed by atoms with Crippen molar-refractivity contribution in [2.45, 2.75) is 25.8 Å². The molecule has 0 fully saturated rings. The van der Waals surface area contributed by atoms with Crippen LogP contribution in [0.3, 0.4) is 0 Å². The summed E-state index contributed by atoms with van der Waals surface area (Å²) in [6.07, 6.45) is 5.48. The van der Waals surface area contributed by atoms with Crippen LogP contribution < -0.4 is 10.1 Å². The van der Waals surface area contributed by atoms with Crippen LogP contribution in [0.2, 0.25) is 0 Å². The van der Waals surface area contributed by atoms with Gasteiger partial charge in [0.25, 0.3) is 0 Å². The van der Waals surface area contributed by atoms with Gasteiger partial charge in [0, 0.05) is 23.6 Å². The zero-order valence-corrected chi connectivity index (χ0v) is 11.3. The fourth-order valence-electron chi connectivity index (χ4n) is 1.49. The molecular weight excluding hydrogens is 268 g/mol. The Morgan fingerprint density at radius 2 is 2.25 bits per heavy atom. The van der Waals surface area contributed by atoms with Crippen LogP contribution in [0.5, 0.6) is 5.88 Å². The van der Waals surface area contributed by atoms with Crippen molar-refractivity contribution in [3.63, 3.8) is 0 Å². The molecule has 0 saturated heterocycles. The predicted octanol–water partition coefficient (Wildman–Crippen LogP) is 2.75. The highest BCUT2D eigenvalue weighted by Gasteiger charge is 2.01. The summed E-state index contributed by atoms with van der Waals surface area (Å²) in [6, 6.07) is 3.97. The summed E-state index contributed by atoms with van der Waals surface area (Å²) >= 11 is 3.43. The quantitative estimate of drug-likeness (QED) is 0.589. The third-order valence-electron chi connectivity index (χ3n) is 2.35. The lowest BCUT2D eigenvalue weighted by atomic mass is 10.2. The van der Waals surface area contributed by atoms with Crippen LogP contribution in [0.4, 0.5) is 0 Å². The molecule has 16 heavy (non-hydrogen) atoms. The number of pyridine rings is 1. The average Bonchev–Trinajstić information content (AvgIpc) is 2.34. The van der Waals surface area contributed by atoms with Crippen LogP contribution in [0, 0.1) is 0 Å². The van der Waals surface area contributed by atoms with E-state index in [0.29, 0.717) is 0 Å². The molecule has 90 valence electrons. The Bertz CT molecular complexity index is 294. The van der Waals surface area contributed by atoms with Gasteiger partial charge in [-0.1, -0.05) is 28.4 Å². The van der Waals surface area contributed by atoms with Gasteiger partial charge in [-0.25, -0.2) is 4.98 Å².